The topological polar surface area (TPSA) is 63.7 Å². The van der Waals surface area contributed by atoms with Gasteiger partial charge in [-0.1, -0.05) is 18.2 Å². The van der Waals surface area contributed by atoms with Crippen LogP contribution in [0.2, 0.25) is 0 Å². The number of pyridine rings is 1. The third-order valence-electron chi connectivity index (χ3n) is 5.03. The van der Waals surface area contributed by atoms with E-state index in [-0.39, 0.29) is 5.91 Å². The second-order valence-electron chi connectivity index (χ2n) is 6.81. The number of para-hydroxylation sites is 1. The van der Waals surface area contributed by atoms with Crippen molar-refractivity contribution in [3.63, 3.8) is 0 Å². The largest absolute Gasteiger partial charge is 0.497 e. The molecule has 1 aromatic heterocycles. The molecule has 4 rings (SSSR count). The number of amides is 1. The molecule has 1 aliphatic rings. The number of anilines is 3. The number of fused-ring (bicyclic) bond motifs is 1. The average molecular weight is 389 g/mol. The maximum atomic E-state index is 13.2. The van der Waals surface area contributed by atoms with Crippen molar-refractivity contribution in [2.24, 2.45) is 0 Å². The molecule has 1 N–H and O–H groups in total. The highest BCUT2D eigenvalue weighted by molar-refractivity contribution is 6.07. The summed E-state index contributed by atoms with van der Waals surface area (Å²) < 4.78 is 10.7. The van der Waals surface area contributed by atoms with Gasteiger partial charge in [0.2, 0.25) is 0 Å². The van der Waals surface area contributed by atoms with Gasteiger partial charge in [-0.2, -0.15) is 0 Å². The summed E-state index contributed by atoms with van der Waals surface area (Å²) in [6, 6.07) is 17.1. The van der Waals surface area contributed by atoms with E-state index in [0.29, 0.717) is 29.4 Å². The highest BCUT2D eigenvalue weighted by atomic mass is 16.5. The summed E-state index contributed by atoms with van der Waals surface area (Å²) in [6.45, 7) is 0.716. The molecule has 2 heterocycles. The zero-order valence-corrected chi connectivity index (χ0v) is 16.5. The van der Waals surface area contributed by atoms with Gasteiger partial charge in [0.25, 0.3) is 5.91 Å². The zero-order valence-electron chi connectivity index (χ0n) is 16.5. The number of carbonyl (C=O) groups excluding carboxylic acids is 1. The minimum Gasteiger partial charge on any atom is -0.497 e. The van der Waals surface area contributed by atoms with Crippen LogP contribution < -0.4 is 19.7 Å². The number of hydrogen-bond acceptors (Lipinski definition) is 5. The second-order valence-corrected chi connectivity index (χ2v) is 6.81. The molecule has 0 atom stereocenters. The van der Waals surface area contributed by atoms with E-state index in [2.05, 4.69) is 16.4 Å². The maximum absolute atomic E-state index is 13.2. The van der Waals surface area contributed by atoms with Crippen LogP contribution in [-0.2, 0) is 6.42 Å². The fraction of sp³-hybridized carbons (Fsp3) is 0.217. The number of aryl methyl sites for hydroxylation is 1. The highest BCUT2D eigenvalue weighted by Crippen LogP contribution is 2.32. The van der Waals surface area contributed by atoms with Crippen LogP contribution in [0, 0.1) is 0 Å². The van der Waals surface area contributed by atoms with Crippen molar-refractivity contribution in [2.45, 2.75) is 12.8 Å². The Morgan fingerprint density at radius 3 is 2.76 bits per heavy atom. The van der Waals surface area contributed by atoms with Crippen LogP contribution in [0.1, 0.15) is 22.3 Å². The van der Waals surface area contributed by atoms with E-state index in [0.717, 1.165) is 24.2 Å². The first-order chi connectivity index (χ1) is 14.2. The molecule has 0 aliphatic carbocycles. The van der Waals surface area contributed by atoms with Crippen LogP contribution in [0.3, 0.4) is 0 Å². The molecule has 0 unspecified atom stereocenters. The predicted molar refractivity (Wildman–Crippen MR) is 114 cm³/mol. The van der Waals surface area contributed by atoms with Gasteiger partial charge in [-0.05, 0) is 48.7 Å². The van der Waals surface area contributed by atoms with Crippen LogP contribution in [0.4, 0.5) is 17.2 Å². The number of aromatic nitrogens is 1. The molecule has 1 aliphatic heterocycles. The monoisotopic (exact) mass is 389 g/mol. The normalized spacial score (nSPS) is 12.8. The Morgan fingerprint density at radius 2 is 1.93 bits per heavy atom. The lowest BCUT2D eigenvalue weighted by Crippen LogP contribution is -2.35. The van der Waals surface area contributed by atoms with Gasteiger partial charge in [0.15, 0.2) is 0 Å². The van der Waals surface area contributed by atoms with Crippen molar-refractivity contribution in [1.29, 1.82) is 0 Å². The third kappa shape index (κ3) is 3.87. The van der Waals surface area contributed by atoms with Crippen LogP contribution in [0.15, 0.2) is 60.8 Å². The van der Waals surface area contributed by atoms with Gasteiger partial charge in [0.05, 0.1) is 19.9 Å². The van der Waals surface area contributed by atoms with E-state index in [9.17, 15) is 4.79 Å². The summed E-state index contributed by atoms with van der Waals surface area (Å²) in [7, 11) is 3.21. The fourth-order valence-corrected chi connectivity index (χ4v) is 3.57. The molecule has 148 valence electrons. The van der Waals surface area contributed by atoms with E-state index in [4.69, 9.17) is 9.47 Å². The summed E-state index contributed by atoms with van der Waals surface area (Å²) in [5.74, 6) is 1.88. The van der Waals surface area contributed by atoms with Crippen molar-refractivity contribution in [3.05, 3.63) is 71.9 Å². The van der Waals surface area contributed by atoms with E-state index in [1.165, 1.54) is 5.56 Å². The molecular weight excluding hydrogens is 366 g/mol. The number of nitrogens with one attached hydrogen (secondary N) is 1. The molecule has 0 spiro atoms. The molecular formula is C23H23N3O3. The summed E-state index contributed by atoms with van der Waals surface area (Å²) >= 11 is 0. The van der Waals surface area contributed by atoms with Gasteiger partial charge in [0, 0.05) is 30.1 Å². The van der Waals surface area contributed by atoms with Gasteiger partial charge in [-0.15, -0.1) is 0 Å². The second kappa shape index (κ2) is 8.22. The Labute approximate surface area is 170 Å². The Bertz CT molecular complexity index is 1040. The van der Waals surface area contributed by atoms with Crippen molar-refractivity contribution >= 4 is 23.1 Å². The molecule has 0 bridgehead atoms. The lowest BCUT2D eigenvalue weighted by molar-refractivity contribution is 0.0985. The number of hydrogen-bond donors (Lipinski definition) is 1. The lowest BCUT2D eigenvalue weighted by Gasteiger charge is -2.29. The van der Waals surface area contributed by atoms with Crippen molar-refractivity contribution in [2.75, 3.05) is 31.0 Å². The molecule has 1 amide bonds. The van der Waals surface area contributed by atoms with Crippen LogP contribution in [0.5, 0.6) is 11.5 Å². The third-order valence-corrected chi connectivity index (χ3v) is 5.03. The molecule has 2 aromatic carbocycles. The van der Waals surface area contributed by atoms with Crippen molar-refractivity contribution in [1.82, 2.24) is 4.98 Å². The van der Waals surface area contributed by atoms with E-state index in [1.807, 2.05) is 35.2 Å². The lowest BCUT2D eigenvalue weighted by atomic mass is 10.0. The molecule has 0 radical (unpaired) electrons. The number of benzene rings is 2. The summed E-state index contributed by atoms with van der Waals surface area (Å²) in [6.07, 6.45) is 3.60. The van der Waals surface area contributed by atoms with Crippen molar-refractivity contribution in [3.8, 4) is 11.5 Å². The molecule has 3 aromatic rings. The maximum Gasteiger partial charge on any atom is 0.258 e. The average Bonchev–Trinajstić information content (AvgIpc) is 2.78. The summed E-state index contributed by atoms with van der Waals surface area (Å²) in [4.78, 5) is 19.4. The standard InChI is InChI=1S/C23H23N3O3/c1-28-18-9-10-19(21(15-18)29-2)25-22-14-17(11-12-24-22)23(27)26-13-5-7-16-6-3-4-8-20(16)26/h3-4,6,8-12,14-15H,5,7,13H2,1-2H3,(H,24,25). The molecule has 0 fully saturated rings. The Morgan fingerprint density at radius 1 is 1.07 bits per heavy atom. The number of ether oxygens (including phenoxy) is 2. The number of methoxy groups -OCH3 is 2. The van der Waals surface area contributed by atoms with Gasteiger partial charge in [-0.3, -0.25) is 4.79 Å². The quantitative estimate of drug-likeness (QED) is 0.699. The summed E-state index contributed by atoms with van der Waals surface area (Å²) in [5.41, 5.74) is 3.54. The van der Waals surface area contributed by atoms with E-state index in [1.54, 1.807) is 38.6 Å². The van der Waals surface area contributed by atoms with Crippen LogP contribution in [0.25, 0.3) is 0 Å². The molecule has 6 nitrogen and oxygen atoms in total. The van der Waals surface area contributed by atoms with Gasteiger partial charge in [-0.25, -0.2) is 4.98 Å². The molecule has 0 saturated carbocycles. The van der Waals surface area contributed by atoms with Crippen LogP contribution >= 0.6 is 0 Å². The van der Waals surface area contributed by atoms with Gasteiger partial charge < -0.3 is 19.7 Å². The van der Waals surface area contributed by atoms with Gasteiger partial charge in [0.1, 0.15) is 17.3 Å². The van der Waals surface area contributed by atoms with Gasteiger partial charge >= 0.3 is 0 Å². The number of carbonyl (C=O) groups is 1. The fourth-order valence-electron chi connectivity index (χ4n) is 3.57. The Hall–Kier alpha value is -3.54. The molecule has 6 heteroatoms. The van der Waals surface area contributed by atoms with Crippen molar-refractivity contribution < 1.29 is 14.3 Å². The minimum atomic E-state index is -0.0238. The first kappa shape index (κ1) is 18.8. The minimum absolute atomic E-state index is 0.0238. The van der Waals surface area contributed by atoms with E-state index >= 15 is 0 Å². The first-order valence-corrected chi connectivity index (χ1v) is 9.54. The molecule has 29 heavy (non-hydrogen) atoms. The smallest absolute Gasteiger partial charge is 0.258 e. The van der Waals surface area contributed by atoms with Crippen LogP contribution in [-0.4, -0.2) is 31.7 Å². The highest BCUT2D eigenvalue weighted by Gasteiger charge is 2.23. The Kier molecular flexibility index (Phi) is 5.33. The predicted octanol–water partition coefficient (Wildman–Crippen LogP) is 4.44. The first-order valence-electron chi connectivity index (χ1n) is 9.54. The SMILES string of the molecule is COc1ccc(Nc2cc(C(=O)N3CCCc4ccccc43)ccn2)c(OC)c1. The Balaban J connectivity index is 1.59. The molecule has 0 saturated heterocycles. The zero-order chi connectivity index (χ0) is 20.2. The number of nitrogens with zero attached hydrogens (tertiary/aromatic N) is 2. The summed E-state index contributed by atoms with van der Waals surface area (Å²) in [5, 5.41) is 3.23. The van der Waals surface area contributed by atoms with E-state index < -0.39 is 0 Å². The number of rotatable bonds is 5.